The van der Waals surface area contributed by atoms with Gasteiger partial charge in [0.2, 0.25) is 0 Å². The van der Waals surface area contributed by atoms with E-state index in [1.807, 2.05) is 0 Å². The van der Waals surface area contributed by atoms with Crippen molar-refractivity contribution in [3.63, 3.8) is 0 Å². The van der Waals surface area contributed by atoms with Gasteiger partial charge in [-0.25, -0.2) is 0 Å². The molecule has 0 N–H and O–H groups in total. The summed E-state index contributed by atoms with van der Waals surface area (Å²) in [5, 5.41) is 17.8. The summed E-state index contributed by atoms with van der Waals surface area (Å²) in [6.45, 7) is 1.94. The van der Waals surface area contributed by atoms with Crippen molar-refractivity contribution in [2.45, 2.75) is 13.8 Å². The first-order chi connectivity index (χ1) is 3.46. The first kappa shape index (κ1) is 15.8. The number of carboxylic acids is 2. The number of hydrogen-bond donors (Lipinski definition) is 0. The molecule has 4 nitrogen and oxygen atoms in total. The van der Waals surface area contributed by atoms with E-state index in [1.54, 1.807) is 0 Å². The van der Waals surface area contributed by atoms with Crippen LogP contribution in [0.5, 0.6) is 0 Å². The number of carboxylic acid groups (broad SMARTS) is 2. The molecule has 0 rings (SSSR count). The van der Waals surface area contributed by atoms with Gasteiger partial charge in [-0.3, -0.25) is 0 Å². The van der Waals surface area contributed by atoms with Gasteiger partial charge in [0, 0.05) is 11.9 Å². The third-order valence-electron chi connectivity index (χ3n) is 0. The molecule has 0 aliphatic rings. The van der Waals surface area contributed by atoms with E-state index in [0.717, 1.165) is 13.8 Å². The summed E-state index contributed by atoms with van der Waals surface area (Å²) >= 11 is 0. The molecular formula is C4H6CrO4. The zero-order chi connectivity index (χ0) is 7.15. The molecule has 0 amide bonds. The molecule has 0 saturated heterocycles. The van der Waals surface area contributed by atoms with Crippen molar-refractivity contribution in [2.24, 2.45) is 0 Å². The Hall–Kier alpha value is -0.528. The number of carbonyl (C=O) groups excluding carboxylic acids is 2. The van der Waals surface area contributed by atoms with E-state index in [1.165, 1.54) is 0 Å². The van der Waals surface area contributed by atoms with E-state index in [0.29, 0.717) is 0 Å². The maximum Gasteiger partial charge on any atom is 2.00 e. The summed E-state index contributed by atoms with van der Waals surface area (Å²) in [4.78, 5) is 17.8. The minimum atomic E-state index is -1.08. The summed E-state index contributed by atoms with van der Waals surface area (Å²) in [5.74, 6) is -2.17. The Morgan fingerprint density at radius 1 is 1.00 bits per heavy atom. The molecule has 0 aromatic rings. The van der Waals surface area contributed by atoms with Gasteiger partial charge >= 0.3 is 17.4 Å². The molecule has 0 aliphatic heterocycles. The molecular weight excluding hydrogens is 164 g/mol. The topological polar surface area (TPSA) is 80.3 Å². The molecule has 0 aromatic carbocycles. The van der Waals surface area contributed by atoms with Crippen molar-refractivity contribution in [3.05, 3.63) is 0 Å². The maximum atomic E-state index is 8.89. The number of rotatable bonds is 0. The Morgan fingerprint density at radius 3 is 1.00 bits per heavy atom. The predicted octanol–water partition coefficient (Wildman–Crippen LogP) is -2.49. The molecule has 0 spiro atoms. The SMILES string of the molecule is CC(=O)[O-].CC(=O)[O-].[Cr+2]. The van der Waals surface area contributed by atoms with Crippen LogP contribution in [-0.2, 0) is 27.0 Å². The van der Waals surface area contributed by atoms with Crippen molar-refractivity contribution in [2.75, 3.05) is 0 Å². The van der Waals surface area contributed by atoms with Crippen LogP contribution < -0.4 is 10.2 Å². The molecule has 9 heavy (non-hydrogen) atoms. The van der Waals surface area contributed by atoms with Gasteiger partial charge < -0.3 is 19.8 Å². The summed E-state index contributed by atoms with van der Waals surface area (Å²) in [6, 6.07) is 0. The van der Waals surface area contributed by atoms with Gasteiger partial charge in [0.05, 0.1) is 0 Å². The average molecular weight is 170 g/mol. The van der Waals surface area contributed by atoms with E-state index in [9.17, 15) is 0 Å². The minimum absolute atomic E-state index is 0. The van der Waals surface area contributed by atoms with Gasteiger partial charge in [-0.1, -0.05) is 0 Å². The molecule has 0 saturated carbocycles. The largest absolute Gasteiger partial charge is 2.00 e. The summed E-state index contributed by atoms with van der Waals surface area (Å²) in [6.07, 6.45) is 0. The average Bonchev–Trinajstić information content (AvgIpc) is 1.25. The van der Waals surface area contributed by atoms with Crippen molar-refractivity contribution >= 4 is 11.9 Å². The fraction of sp³-hybridized carbons (Fsp3) is 0.500. The van der Waals surface area contributed by atoms with Crippen molar-refractivity contribution in [1.82, 2.24) is 0 Å². The van der Waals surface area contributed by atoms with Crippen molar-refractivity contribution in [1.29, 1.82) is 0 Å². The van der Waals surface area contributed by atoms with Crippen LogP contribution in [0.2, 0.25) is 0 Å². The third kappa shape index (κ3) is 804. The number of carbonyl (C=O) groups is 2. The smallest absolute Gasteiger partial charge is 0.550 e. The number of aliphatic carboxylic acids is 2. The standard InChI is InChI=1S/2C2H4O2.Cr/c2*1-2(3)4;/h2*1H3,(H,3,4);/q;;+2/p-2. The van der Waals surface area contributed by atoms with Crippen LogP contribution in [0, 0.1) is 0 Å². The predicted molar refractivity (Wildman–Crippen MR) is 21.4 cm³/mol. The van der Waals surface area contributed by atoms with Gasteiger partial charge in [0.25, 0.3) is 0 Å². The van der Waals surface area contributed by atoms with Gasteiger partial charge in [-0.05, 0) is 13.8 Å². The molecule has 0 heterocycles. The zero-order valence-corrected chi connectivity index (χ0v) is 6.32. The van der Waals surface area contributed by atoms with Crippen LogP contribution in [0.3, 0.4) is 0 Å². The van der Waals surface area contributed by atoms with Crippen LogP contribution >= 0.6 is 0 Å². The first-order valence-corrected chi connectivity index (χ1v) is 1.82. The monoisotopic (exact) mass is 170 g/mol. The Morgan fingerprint density at radius 2 is 1.00 bits per heavy atom. The molecule has 0 aromatic heterocycles. The molecule has 0 atom stereocenters. The maximum absolute atomic E-state index is 8.89. The van der Waals surface area contributed by atoms with Gasteiger partial charge in [0.1, 0.15) is 0 Å². The van der Waals surface area contributed by atoms with E-state index in [4.69, 9.17) is 19.8 Å². The fourth-order valence-electron chi connectivity index (χ4n) is 0. The molecule has 0 aliphatic carbocycles. The molecule has 0 bridgehead atoms. The minimum Gasteiger partial charge on any atom is -0.550 e. The summed E-state index contributed by atoms with van der Waals surface area (Å²) in [7, 11) is 0. The van der Waals surface area contributed by atoms with Gasteiger partial charge in [-0.2, -0.15) is 0 Å². The van der Waals surface area contributed by atoms with Crippen LogP contribution in [0.1, 0.15) is 13.8 Å². The number of hydrogen-bond acceptors (Lipinski definition) is 4. The van der Waals surface area contributed by atoms with E-state index in [2.05, 4.69) is 0 Å². The van der Waals surface area contributed by atoms with Crippen molar-refractivity contribution < 1.29 is 37.2 Å². The Bertz CT molecular complexity index is 70.6. The second-order valence-corrected chi connectivity index (χ2v) is 0.983. The molecule has 0 fully saturated rings. The molecule has 0 radical (unpaired) electrons. The molecule has 5 heteroatoms. The Kier molecular flexibility index (Phi) is 18.3. The van der Waals surface area contributed by atoms with Crippen LogP contribution in [0.15, 0.2) is 0 Å². The fourth-order valence-corrected chi connectivity index (χ4v) is 0. The van der Waals surface area contributed by atoms with E-state index < -0.39 is 11.9 Å². The summed E-state index contributed by atoms with van der Waals surface area (Å²) < 4.78 is 0. The quantitative estimate of drug-likeness (QED) is 0.402. The van der Waals surface area contributed by atoms with Crippen molar-refractivity contribution in [3.8, 4) is 0 Å². The summed E-state index contributed by atoms with van der Waals surface area (Å²) in [5.41, 5.74) is 0. The Labute approximate surface area is 63.6 Å². The molecule has 0 unspecified atom stereocenters. The molecule has 52 valence electrons. The second kappa shape index (κ2) is 10.5. The van der Waals surface area contributed by atoms with E-state index in [-0.39, 0.29) is 17.4 Å². The zero-order valence-electron chi connectivity index (χ0n) is 5.04. The van der Waals surface area contributed by atoms with Crippen LogP contribution in [0.4, 0.5) is 0 Å². The van der Waals surface area contributed by atoms with Crippen LogP contribution in [0.25, 0.3) is 0 Å². The normalized spacial score (nSPS) is 5.56. The van der Waals surface area contributed by atoms with Gasteiger partial charge in [0.15, 0.2) is 0 Å². The van der Waals surface area contributed by atoms with E-state index >= 15 is 0 Å². The van der Waals surface area contributed by atoms with Gasteiger partial charge in [-0.15, -0.1) is 0 Å². The third-order valence-corrected chi connectivity index (χ3v) is 0. The first-order valence-electron chi connectivity index (χ1n) is 1.82. The Balaban J connectivity index is -0.0000000720. The van der Waals surface area contributed by atoms with Crippen LogP contribution in [-0.4, -0.2) is 11.9 Å². The second-order valence-electron chi connectivity index (χ2n) is 0.983.